The van der Waals surface area contributed by atoms with Crippen LogP contribution in [0.1, 0.15) is 26.3 Å². The van der Waals surface area contributed by atoms with Crippen molar-refractivity contribution in [1.29, 1.82) is 0 Å². The molecule has 0 saturated heterocycles. The summed E-state index contributed by atoms with van der Waals surface area (Å²) in [6.45, 7) is -0.283. The lowest BCUT2D eigenvalue weighted by Gasteiger charge is -2.09. The van der Waals surface area contributed by atoms with Gasteiger partial charge in [-0.3, -0.25) is 9.59 Å². The van der Waals surface area contributed by atoms with E-state index in [1.165, 1.54) is 13.3 Å². The minimum absolute atomic E-state index is 0.218. The summed E-state index contributed by atoms with van der Waals surface area (Å²) in [5, 5.41) is 6.65. The van der Waals surface area contributed by atoms with Crippen molar-refractivity contribution in [2.75, 3.05) is 13.7 Å². The van der Waals surface area contributed by atoms with E-state index in [0.717, 1.165) is 0 Å². The van der Waals surface area contributed by atoms with Gasteiger partial charge in [-0.2, -0.15) is 5.10 Å². The van der Waals surface area contributed by atoms with E-state index in [2.05, 4.69) is 31.8 Å². The Kier molecular flexibility index (Phi) is 8.78. The maximum absolute atomic E-state index is 12.5. The zero-order valence-corrected chi connectivity index (χ0v) is 20.2. The molecule has 3 rings (SSSR count). The number of hydrogen-bond donors (Lipinski definition) is 2. The Morgan fingerprint density at radius 1 is 1.06 bits per heavy atom. The monoisotopic (exact) mass is 543 g/mol. The van der Waals surface area contributed by atoms with Crippen LogP contribution in [0.3, 0.4) is 0 Å². The highest BCUT2D eigenvalue weighted by Gasteiger charge is 2.14. The number of nitrogens with zero attached hydrogens (tertiary/aromatic N) is 1. The first-order valence-electron chi connectivity index (χ1n) is 9.88. The van der Waals surface area contributed by atoms with E-state index >= 15 is 0 Å². The molecule has 0 aliphatic rings. The topological polar surface area (TPSA) is 106 Å². The molecule has 0 aliphatic carbocycles. The summed E-state index contributed by atoms with van der Waals surface area (Å²) in [5.41, 5.74) is 3.35. The molecular weight excluding hydrogens is 526 g/mol. The summed E-state index contributed by atoms with van der Waals surface area (Å²) >= 11 is 9.40. The number of carbonyl (C=O) groups is 3. The van der Waals surface area contributed by atoms with Gasteiger partial charge in [0.2, 0.25) is 0 Å². The standard InChI is InChI=1S/C24H19BrClN3O5/c1-33-18-9-6-15(7-10-18)23(31)27-14-22(30)29-28-13-16-12-17(25)8-11-21(16)34-24(32)19-4-2-3-5-20(19)26/h2-13H,14H2,1H3,(H,27,31)(H,29,30). The van der Waals surface area contributed by atoms with Crippen LogP contribution in [0, 0.1) is 0 Å². The Bertz CT molecular complexity index is 1230. The van der Waals surface area contributed by atoms with Crippen LogP contribution in [0.4, 0.5) is 0 Å². The number of amides is 2. The Balaban J connectivity index is 1.58. The number of halogens is 2. The van der Waals surface area contributed by atoms with Gasteiger partial charge in [0.25, 0.3) is 11.8 Å². The number of methoxy groups -OCH3 is 1. The zero-order chi connectivity index (χ0) is 24.5. The number of rotatable bonds is 8. The zero-order valence-electron chi connectivity index (χ0n) is 17.9. The molecule has 8 nitrogen and oxygen atoms in total. The van der Waals surface area contributed by atoms with Crippen LogP contribution in [0.25, 0.3) is 0 Å². The van der Waals surface area contributed by atoms with Crippen molar-refractivity contribution in [2.45, 2.75) is 0 Å². The third-order valence-corrected chi connectivity index (χ3v) is 5.25. The van der Waals surface area contributed by atoms with E-state index in [9.17, 15) is 14.4 Å². The Morgan fingerprint density at radius 2 is 1.79 bits per heavy atom. The quantitative estimate of drug-likeness (QED) is 0.191. The lowest BCUT2D eigenvalue weighted by molar-refractivity contribution is -0.120. The van der Waals surface area contributed by atoms with E-state index in [1.54, 1.807) is 66.7 Å². The van der Waals surface area contributed by atoms with Crippen LogP contribution >= 0.6 is 27.5 Å². The third kappa shape index (κ3) is 6.90. The maximum atomic E-state index is 12.5. The number of benzene rings is 3. The van der Waals surface area contributed by atoms with Gasteiger partial charge in [-0.05, 0) is 54.6 Å². The van der Waals surface area contributed by atoms with Gasteiger partial charge >= 0.3 is 5.97 Å². The summed E-state index contributed by atoms with van der Waals surface area (Å²) < 4.78 is 11.2. The summed E-state index contributed by atoms with van der Waals surface area (Å²) in [5.74, 6) is -0.745. The second-order valence-electron chi connectivity index (χ2n) is 6.76. The van der Waals surface area contributed by atoms with Crippen LogP contribution in [0.15, 0.2) is 76.3 Å². The molecule has 0 unspecified atom stereocenters. The predicted octanol–water partition coefficient (Wildman–Crippen LogP) is 4.21. The largest absolute Gasteiger partial charge is 0.497 e. The number of ether oxygens (including phenoxy) is 2. The Morgan fingerprint density at radius 3 is 2.50 bits per heavy atom. The smallest absolute Gasteiger partial charge is 0.345 e. The van der Waals surface area contributed by atoms with Crippen LogP contribution in [0.5, 0.6) is 11.5 Å². The van der Waals surface area contributed by atoms with Crippen molar-refractivity contribution in [2.24, 2.45) is 5.10 Å². The molecule has 0 aromatic heterocycles. The van der Waals surface area contributed by atoms with Crippen molar-refractivity contribution in [3.05, 3.63) is 92.9 Å². The predicted molar refractivity (Wildman–Crippen MR) is 132 cm³/mol. The molecule has 3 aromatic carbocycles. The fraction of sp³-hybridized carbons (Fsp3) is 0.0833. The van der Waals surface area contributed by atoms with Crippen LogP contribution in [-0.2, 0) is 4.79 Å². The number of carbonyl (C=O) groups excluding carboxylic acids is 3. The Labute approximate surface area is 209 Å². The van der Waals surface area contributed by atoms with Crippen molar-refractivity contribution in [3.63, 3.8) is 0 Å². The van der Waals surface area contributed by atoms with Crippen LogP contribution in [-0.4, -0.2) is 37.7 Å². The molecule has 0 heterocycles. The van der Waals surface area contributed by atoms with Crippen LogP contribution in [0.2, 0.25) is 5.02 Å². The third-order valence-electron chi connectivity index (χ3n) is 4.42. The SMILES string of the molecule is COc1ccc(C(=O)NCC(=O)NN=Cc2cc(Br)ccc2OC(=O)c2ccccc2Cl)cc1. The van der Waals surface area contributed by atoms with Gasteiger partial charge in [-0.15, -0.1) is 0 Å². The molecule has 0 saturated carbocycles. The van der Waals surface area contributed by atoms with Gasteiger partial charge in [-0.1, -0.05) is 39.7 Å². The maximum Gasteiger partial charge on any atom is 0.345 e. The number of nitrogens with one attached hydrogen (secondary N) is 2. The summed E-state index contributed by atoms with van der Waals surface area (Å²) in [4.78, 5) is 36.7. The van der Waals surface area contributed by atoms with E-state index in [-0.39, 0.29) is 22.9 Å². The molecular formula is C24H19BrClN3O5. The normalized spacial score (nSPS) is 10.6. The van der Waals surface area contributed by atoms with E-state index < -0.39 is 17.8 Å². The molecule has 0 spiro atoms. The number of esters is 1. The van der Waals surface area contributed by atoms with E-state index in [4.69, 9.17) is 21.1 Å². The fourth-order valence-corrected chi connectivity index (χ4v) is 3.30. The van der Waals surface area contributed by atoms with Crippen molar-refractivity contribution < 1.29 is 23.9 Å². The van der Waals surface area contributed by atoms with Gasteiger partial charge in [0, 0.05) is 15.6 Å². The van der Waals surface area contributed by atoms with E-state index in [1.807, 2.05) is 0 Å². The second-order valence-corrected chi connectivity index (χ2v) is 8.08. The highest BCUT2D eigenvalue weighted by atomic mass is 79.9. The van der Waals surface area contributed by atoms with Gasteiger partial charge in [0.15, 0.2) is 0 Å². The Hall–Kier alpha value is -3.69. The molecule has 34 heavy (non-hydrogen) atoms. The molecule has 0 fully saturated rings. The van der Waals surface area contributed by atoms with Gasteiger partial charge in [-0.25, -0.2) is 10.2 Å². The highest BCUT2D eigenvalue weighted by Crippen LogP contribution is 2.24. The lowest BCUT2D eigenvalue weighted by Crippen LogP contribution is -2.34. The lowest BCUT2D eigenvalue weighted by atomic mass is 10.2. The molecule has 174 valence electrons. The van der Waals surface area contributed by atoms with Crippen molar-refractivity contribution in [3.8, 4) is 11.5 Å². The van der Waals surface area contributed by atoms with Crippen molar-refractivity contribution >= 4 is 51.5 Å². The molecule has 10 heteroatoms. The first-order valence-corrected chi connectivity index (χ1v) is 11.0. The highest BCUT2D eigenvalue weighted by molar-refractivity contribution is 9.10. The number of hydrogen-bond acceptors (Lipinski definition) is 6. The number of hydrazone groups is 1. The average molecular weight is 545 g/mol. The summed E-state index contributed by atoms with van der Waals surface area (Å²) in [6, 6.07) is 17.9. The molecule has 0 bridgehead atoms. The molecule has 0 radical (unpaired) electrons. The molecule has 3 aromatic rings. The van der Waals surface area contributed by atoms with Gasteiger partial charge in [0.1, 0.15) is 11.5 Å². The fourth-order valence-electron chi connectivity index (χ4n) is 2.71. The summed E-state index contributed by atoms with van der Waals surface area (Å²) in [7, 11) is 1.53. The van der Waals surface area contributed by atoms with Gasteiger partial charge in [0.05, 0.1) is 30.5 Å². The molecule has 0 atom stereocenters. The van der Waals surface area contributed by atoms with Crippen LogP contribution < -0.4 is 20.2 Å². The van der Waals surface area contributed by atoms with Crippen molar-refractivity contribution in [1.82, 2.24) is 10.7 Å². The molecule has 2 amide bonds. The minimum Gasteiger partial charge on any atom is -0.497 e. The first kappa shape index (κ1) is 24.9. The molecule has 0 aliphatic heterocycles. The average Bonchev–Trinajstić information content (AvgIpc) is 2.84. The minimum atomic E-state index is -0.632. The second kappa shape index (κ2) is 12.0. The van der Waals surface area contributed by atoms with E-state index in [0.29, 0.717) is 21.3 Å². The molecule has 2 N–H and O–H groups in total. The first-order chi connectivity index (χ1) is 16.4. The summed E-state index contributed by atoms with van der Waals surface area (Å²) in [6.07, 6.45) is 1.32. The van der Waals surface area contributed by atoms with Gasteiger partial charge < -0.3 is 14.8 Å².